The summed E-state index contributed by atoms with van der Waals surface area (Å²) in [6.07, 6.45) is -0.181. The lowest BCUT2D eigenvalue weighted by atomic mass is 10.0. The van der Waals surface area contributed by atoms with Crippen LogP contribution in [0.15, 0.2) is 0 Å². The summed E-state index contributed by atoms with van der Waals surface area (Å²) in [5.41, 5.74) is 5.74. The highest BCUT2D eigenvalue weighted by atomic mass is 16.4. The lowest BCUT2D eigenvalue weighted by Gasteiger charge is -2.25. The molecule has 6 nitrogen and oxygen atoms in total. The first-order chi connectivity index (χ1) is 7.82. The maximum Gasteiger partial charge on any atom is 0.326 e. The van der Waals surface area contributed by atoms with Gasteiger partial charge in [0, 0.05) is 13.0 Å². The van der Waals surface area contributed by atoms with Gasteiger partial charge in [-0.3, -0.25) is 4.79 Å². The Kier molecular flexibility index (Phi) is 4.47. The summed E-state index contributed by atoms with van der Waals surface area (Å²) >= 11 is 0. The molecule has 1 unspecified atom stereocenters. The highest BCUT2D eigenvalue weighted by molar-refractivity contribution is 5.87. The lowest BCUT2D eigenvalue weighted by Crippen LogP contribution is -2.49. The maximum atomic E-state index is 12.0. The van der Waals surface area contributed by atoms with Crippen LogP contribution in [-0.2, 0) is 9.59 Å². The van der Waals surface area contributed by atoms with Crippen LogP contribution in [0, 0.1) is 5.92 Å². The minimum Gasteiger partial charge on any atom is -0.480 e. The quantitative estimate of drug-likeness (QED) is 0.613. The summed E-state index contributed by atoms with van der Waals surface area (Å²) in [5, 5.41) is 18.4. The van der Waals surface area contributed by atoms with Gasteiger partial charge in [-0.15, -0.1) is 0 Å². The number of nitrogens with zero attached hydrogens (tertiary/aromatic N) is 1. The van der Waals surface area contributed by atoms with Crippen LogP contribution in [0.3, 0.4) is 0 Å². The van der Waals surface area contributed by atoms with Crippen LogP contribution >= 0.6 is 0 Å². The average Bonchev–Trinajstić information content (AvgIpc) is 2.58. The van der Waals surface area contributed by atoms with Gasteiger partial charge in [0.05, 0.1) is 12.1 Å². The summed E-state index contributed by atoms with van der Waals surface area (Å²) in [6, 6.07) is -1.64. The van der Waals surface area contributed by atoms with E-state index in [4.69, 9.17) is 10.8 Å². The minimum absolute atomic E-state index is 0.0571. The zero-order valence-electron chi connectivity index (χ0n) is 10.2. The second-order valence-corrected chi connectivity index (χ2v) is 4.97. The standard InChI is InChI=1S/C11H20N2O4/c1-6(2)3-8(12)10(15)13-5-7(14)4-9(13)11(16)17/h6-9,14H,3-5,12H2,1-2H3,(H,16,17)/t7?,8-,9+/m1/s1. The molecule has 1 aliphatic heterocycles. The normalized spacial score (nSPS) is 26.3. The van der Waals surface area contributed by atoms with Crippen LogP contribution in [0.1, 0.15) is 26.7 Å². The molecule has 0 aromatic heterocycles. The van der Waals surface area contributed by atoms with Crippen molar-refractivity contribution in [3.8, 4) is 0 Å². The largest absolute Gasteiger partial charge is 0.480 e. The fourth-order valence-electron chi connectivity index (χ4n) is 2.11. The van der Waals surface area contributed by atoms with Crippen molar-refractivity contribution < 1.29 is 19.8 Å². The molecule has 98 valence electrons. The Morgan fingerprint density at radius 1 is 1.47 bits per heavy atom. The number of carboxylic acids is 1. The minimum atomic E-state index is -1.09. The first kappa shape index (κ1) is 13.9. The lowest BCUT2D eigenvalue weighted by molar-refractivity contribution is -0.148. The third kappa shape index (κ3) is 3.41. The average molecular weight is 244 g/mol. The predicted molar refractivity (Wildman–Crippen MR) is 61.2 cm³/mol. The Morgan fingerprint density at radius 3 is 2.53 bits per heavy atom. The number of carbonyl (C=O) groups excluding carboxylic acids is 1. The molecule has 0 saturated carbocycles. The topological polar surface area (TPSA) is 104 Å². The van der Waals surface area contributed by atoms with Crippen LogP contribution in [0.4, 0.5) is 0 Å². The molecule has 1 rings (SSSR count). The third-order valence-corrected chi connectivity index (χ3v) is 2.89. The van der Waals surface area contributed by atoms with E-state index in [9.17, 15) is 14.7 Å². The smallest absolute Gasteiger partial charge is 0.326 e. The van der Waals surface area contributed by atoms with Gasteiger partial charge < -0.3 is 20.8 Å². The molecule has 1 fully saturated rings. The van der Waals surface area contributed by atoms with E-state index in [1.54, 1.807) is 0 Å². The van der Waals surface area contributed by atoms with Crippen molar-refractivity contribution in [1.82, 2.24) is 4.90 Å². The molecule has 1 saturated heterocycles. The van der Waals surface area contributed by atoms with Crippen LogP contribution < -0.4 is 5.73 Å². The molecule has 1 amide bonds. The number of likely N-dealkylation sites (tertiary alicyclic amines) is 1. The fraction of sp³-hybridized carbons (Fsp3) is 0.818. The van der Waals surface area contributed by atoms with Gasteiger partial charge in [0.15, 0.2) is 0 Å². The number of carboxylic acid groups (broad SMARTS) is 1. The van der Waals surface area contributed by atoms with Gasteiger partial charge in [0.1, 0.15) is 6.04 Å². The molecule has 0 aliphatic carbocycles. The Labute approximate surface area is 100 Å². The molecule has 1 aliphatic rings. The molecule has 17 heavy (non-hydrogen) atoms. The van der Waals surface area contributed by atoms with Gasteiger partial charge in [0.25, 0.3) is 0 Å². The number of rotatable bonds is 4. The van der Waals surface area contributed by atoms with Crippen molar-refractivity contribution in [3.63, 3.8) is 0 Å². The Balaban J connectivity index is 2.70. The number of hydrogen-bond acceptors (Lipinski definition) is 4. The Bertz CT molecular complexity index is 306. The van der Waals surface area contributed by atoms with Crippen LogP contribution in [0.25, 0.3) is 0 Å². The van der Waals surface area contributed by atoms with Crippen molar-refractivity contribution in [3.05, 3.63) is 0 Å². The first-order valence-electron chi connectivity index (χ1n) is 5.79. The van der Waals surface area contributed by atoms with E-state index >= 15 is 0 Å². The second-order valence-electron chi connectivity index (χ2n) is 4.97. The number of aliphatic carboxylic acids is 1. The number of nitrogens with two attached hydrogens (primary N) is 1. The molecule has 0 spiro atoms. The van der Waals surface area contributed by atoms with Crippen molar-refractivity contribution >= 4 is 11.9 Å². The highest BCUT2D eigenvalue weighted by Crippen LogP contribution is 2.20. The molecule has 3 atom stereocenters. The Morgan fingerprint density at radius 2 is 2.06 bits per heavy atom. The summed E-state index contributed by atoms with van der Waals surface area (Å²) in [4.78, 5) is 24.1. The number of amides is 1. The Hall–Kier alpha value is -1.14. The van der Waals surface area contributed by atoms with Crippen LogP contribution in [0.2, 0.25) is 0 Å². The second kappa shape index (κ2) is 5.46. The molecule has 0 aromatic rings. The number of carbonyl (C=O) groups is 2. The monoisotopic (exact) mass is 244 g/mol. The van der Waals surface area contributed by atoms with E-state index in [0.717, 1.165) is 0 Å². The van der Waals surface area contributed by atoms with E-state index < -0.39 is 24.2 Å². The van der Waals surface area contributed by atoms with E-state index in [-0.39, 0.29) is 24.8 Å². The number of β-amino-alcohol motifs (C(OH)–C–C–N with tert-alkyl or cyclic N) is 1. The molecule has 0 radical (unpaired) electrons. The summed E-state index contributed by atoms with van der Waals surface area (Å²) in [5.74, 6) is -1.21. The van der Waals surface area contributed by atoms with Crippen molar-refractivity contribution in [2.45, 2.75) is 44.9 Å². The van der Waals surface area contributed by atoms with E-state index in [2.05, 4.69) is 0 Å². The van der Waals surface area contributed by atoms with Gasteiger partial charge in [0.2, 0.25) is 5.91 Å². The maximum absolute atomic E-state index is 12.0. The van der Waals surface area contributed by atoms with Crippen molar-refractivity contribution in [2.75, 3.05) is 6.54 Å². The van der Waals surface area contributed by atoms with Crippen LogP contribution in [-0.4, -0.2) is 51.7 Å². The molecule has 4 N–H and O–H groups in total. The zero-order valence-corrected chi connectivity index (χ0v) is 10.2. The summed E-state index contributed by atoms with van der Waals surface area (Å²) < 4.78 is 0. The van der Waals surface area contributed by atoms with E-state index in [0.29, 0.717) is 6.42 Å². The van der Waals surface area contributed by atoms with Gasteiger partial charge in [-0.2, -0.15) is 0 Å². The number of aliphatic hydroxyl groups is 1. The molecule has 6 heteroatoms. The van der Waals surface area contributed by atoms with Gasteiger partial charge >= 0.3 is 5.97 Å². The number of aliphatic hydroxyl groups excluding tert-OH is 1. The molecular formula is C11H20N2O4. The third-order valence-electron chi connectivity index (χ3n) is 2.89. The summed E-state index contributed by atoms with van der Waals surface area (Å²) in [6.45, 7) is 3.95. The van der Waals surface area contributed by atoms with Crippen LogP contribution in [0.5, 0.6) is 0 Å². The molecule has 0 bridgehead atoms. The molecular weight excluding hydrogens is 224 g/mol. The van der Waals surface area contributed by atoms with Crippen molar-refractivity contribution in [1.29, 1.82) is 0 Å². The fourth-order valence-corrected chi connectivity index (χ4v) is 2.11. The van der Waals surface area contributed by atoms with Gasteiger partial charge in [-0.1, -0.05) is 13.8 Å². The molecule has 0 aromatic carbocycles. The SMILES string of the molecule is CC(C)C[C@@H](N)C(=O)N1CC(O)C[C@H]1C(=O)O. The zero-order chi connectivity index (χ0) is 13.2. The first-order valence-corrected chi connectivity index (χ1v) is 5.79. The summed E-state index contributed by atoms with van der Waals surface area (Å²) in [7, 11) is 0. The van der Waals surface area contributed by atoms with Gasteiger partial charge in [-0.05, 0) is 12.3 Å². The van der Waals surface area contributed by atoms with E-state index in [1.165, 1.54) is 4.90 Å². The predicted octanol–water partition coefficient (Wildman–Crippen LogP) is -0.594. The number of hydrogen-bond donors (Lipinski definition) is 3. The highest BCUT2D eigenvalue weighted by Gasteiger charge is 2.40. The van der Waals surface area contributed by atoms with E-state index in [1.807, 2.05) is 13.8 Å². The van der Waals surface area contributed by atoms with Crippen molar-refractivity contribution in [2.24, 2.45) is 11.7 Å². The molecule has 1 heterocycles. The van der Waals surface area contributed by atoms with Gasteiger partial charge in [-0.25, -0.2) is 4.79 Å².